The van der Waals surface area contributed by atoms with Crippen LogP contribution in [0, 0.1) is 0 Å². The Morgan fingerprint density at radius 3 is 1.08 bits per heavy atom. The lowest BCUT2D eigenvalue weighted by atomic mass is 9.36. The summed E-state index contributed by atoms with van der Waals surface area (Å²) in [6, 6.07) is 20.9. The Morgan fingerprint density at radius 2 is 0.795 bits per heavy atom. The minimum atomic E-state index is 0.192. The van der Waals surface area contributed by atoms with E-state index in [4.69, 9.17) is 0 Å². The summed E-state index contributed by atoms with van der Waals surface area (Å²) in [7, 11) is 0. The molecular weight excluding hydrogens is 467 g/mol. The van der Waals surface area contributed by atoms with Crippen LogP contribution in [-0.4, -0.2) is 6.71 Å². The molecule has 0 saturated heterocycles. The van der Waals surface area contributed by atoms with Crippen LogP contribution < -0.4 is 10.9 Å². The van der Waals surface area contributed by atoms with Gasteiger partial charge in [-0.25, -0.2) is 0 Å². The van der Waals surface area contributed by atoms with Crippen LogP contribution in [0.15, 0.2) is 60.6 Å². The summed E-state index contributed by atoms with van der Waals surface area (Å²) in [5, 5.41) is 0. The van der Waals surface area contributed by atoms with Gasteiger partial charge in [-0.15, -0.1) is 5.98 Å². The molecule has 0 spiro atoms. The number of hydrogen-bond acceptors (Lipinski definition) is 0. The highest BCUT2D eigenvalue weighted by molar-refractivity contribution is 6.91. The predicted molar refractivity (Wildman–Crippen MR) is 178 cm³/mol. The summed E-state index contributed by atoms with van der Waals surface area (Å²) in [6.45, 7) is 28.5. The van der Waals surface area contributed by atoms with Crippen LogP contribution in [0.5, 0.6) is 0 Å². The summed E-state index contributed by atoms with van der Waals surface area (Å²) in [5.41, 5.74) is 13.2. The van der Waals surface area contributed by atoms with E-state index >= 15 is 0 Å². The molecule has 0 aliphatic heterocycles. The minimum Gasteiger partial charge on any atom is -0.105 e. The molecule has 0 heterocycles. The molecule has 0 aliphatic rings. The van der Waals surface area contributed by atoms with Gasteiger partial charge in [0.2, 0.25) is 6.71 Å². The van der Waals surface area contributed by atoms with Crippen LogP contribution in [0.3, 0.4) is 0 Å². The fourth-order valence-corrected chi connectivity index (χ4v) is 5.85. The molecule has 0 fully saturated rings. The largest absolute Gasteiger partial charge is 0.235 e. The third-order valence-electron chi connectivity index (χ3n) is 8.26. The zero-order chi connectivity index (χ0) is 29.0. The van der Waals surface area contributed by atoms with Gasteiger partial charge in [0.05, 0.1) is 0 Å². The highest BCUT2D eigenvalue weighted by Gasteiger charge is 2.31. The highest BCUT2D eigenvalue weighted by atomic mass is 14.2. The third kappa shape index (κ3) is 7.16. The molecule has 0 amide bonds. The molecule has 0 aromatic heterocycles. The maximum absolute atomic E-state index is 2.52. The molecular formula is C38H53B. The Kier molecular flexibility index (Phi) is 10.5. The summed E-state index contributed by atoms with van der Waals surface area (Å²) < 4.78 is 0. The van der Waals surface area contributed by atoms with E-state index in [-0.39, 0.29) is 6.71 Å². The molecule has 0 N–H and O–H groups in total. The summed E-state index contributed by atoms with van der Waals surface area (Å²) in [6.07, 6.45) is 2.36. The molecule has 1 heteroatoms. The van der Waals surface area contributed by atoms with Crippen molar-refractivity contribution in [3.63, 3.8) is 0 Å². The Balaban J connectivity index is 2.52. The average Bonchev–Trinajstić information content (AvgIpc) is 2.88. The van der Waals surface area contributed by atoms with Crippen molar-refractivity contribution >= 4 is 23.7 Å². The second kappa shape index (κ2) is 13.2. The lowest BCUT2D eigenvalue weighted by molar-refractivity contribution is 0.809. The van der Waals surface area contributed by atoms with Crippen molar-refractivity contribution < 1.29 is 0 Å². The molecule has 0 bridgehead atoms. The zero-order valence-corrected chi connectivity index (χ0v) is 26.9. The van der Waals surface area contributed by atoms with Gasteiger partial charge in [0.1, 0.15) is 0 Å². The molecule has 0 aliphatic carbocycles. The van der Waals surface area contributed by atoms with Crippen LogP contribution in [-0.2, 0) is 0 Å². The fraction of sp³-hybridized carbons (Fsp3) is 0.474. The van der Waals surface area contributed by atoms with E-state index in [0.29, 0.717) is 35.5 Å². The Labute approximate surface area is 241 Å². The van der Waals surface area contributed by atoms with Crippen LogP contribution in [0.4, 0.5) is 0 Å². The van der Waals surface area contributed by atoms with E-state index in [0.717, 1.165) is 0 Å². The van der Waals surface area contributed by atoms with E-state index in [1.165, 1.54) is 49.9 Å². The van der Waals surface area contributed by atoms with Crippen molar-refractivity contribution in [1.82, 2.24) is 0 Å². The molecule has 0 atom stereocenters. The van der Waals surface area contributed by atoms with E-state index < -0.39 is 0 Å². The topological polar surface area (TPSA) is 0 Å². The monoisotopic (exact) mass is 520 g/mol. The Bertz CT molecular complexity index is 1120. The van der Waals surface area contributed by atoms with Crippen molar-refractivity contribution in [3.05, 3.63) is 99.5 Å². The van der Waals surface area contributed by atoms with Crippen molar-refractivity contribution in [2.45, 2.75) is 119 Å². The van der Waals surface area contributed by atoms with Crippen molar-refractivity contribution in [2.75, 3.05) is 0 Å². The summed E-state index contributed by atoms with van der Waals surface area (Å²) in [5.74, 6) is 5.32. The molecule has 3 aromatic carbocycles. The van der Waals surface area contributed by atoms with E-state index in [2.05, 4.69) is 150 Å². The Morgan fingerprint density at radius 1 is 0.462 bits per heavy atom. The lowest BCUT2D eigenvalue weighted by Gasteiger charge is -2.31. The van der Waals surface area contributed by atoms with Crippen LogP contribution >= 0.6 is 0 Å². The number of benzene rings is 3. The van der Waals surface area contributed by atoms with E-state index in [1.807, 2.05) is 0 Å². The summed E-state index contributed by atoms with van der Waals surface area (Å²) >= 11 is 0. The first-order valence-corrected chi connectivity index (χ1v) is 15.4. The van der Waals surface area contributed by atoms with Gasteiger partial charge in [0.15, 0.2) is 0 Å². The summed E-state index contributed by atoms with van der Waals surface area (Å²) in [4.78, 5) is 0. The normalized spacial score (nSPS) is 12.4. The van der Waals surface area contributed by atoms with Gasteiger partial charge in [-0.05, 0) is 74.5 Å². The van der Waals surface area contributed by atoms with Crippen LogP contribution in [0.25, 0.3) is 6.08 Å². The smallest absolute Gasteiger partial charge is 0.105 e. The van der Waals surface area contributed by atoms with Crippen molar-refractivity contribution in [3.8, 4) is 0 Å². The quantitative estimate of drug-likeness (QED) is 0.233. The third-order valence-corrected chi connectivity index (χ3v) is 8.26. The second-order valence-corrected chi connectivity index (χ2v) is 13.4. The fourth-order valence-electron chi connectivity index (χ4n) is 5.85. The maximum atomic E-state index is 2.52. The zero-order valence-electron chi connectivity index (χ0n) is 26.9. The Hall–Kier alpha value is -2.54. The number of rotatable bonds is 10. The van der Waals surface area contributed by atoms with E-state index in [1.54, 1.807) is 0 Å². The van der Waals surface area contributed by atoms with Crippen LogP contribution in [0.2, 0.25) is 0 Å². The number of hydrogen-bond donors (Lipinski definition) is 0. The maximum Gasteiger partial charge on any atom is 0.235 e. The van der Waals surface area contributed by atoms with Gasteiger partial charge in [-0.3, -0.25) is 0 Å². The molecule has 0 unspecified atom stereocenters. The molecule has 0 nitrogen and oxygen atoms in total. The second-order valence-electron chi connectivity index (χ2n) is 13.4. The van der Waals surface area contributed by atoms with Gasteiger partial charge in [-0.2, -0.15) is 0 Å². The van der Waals surface area contributed by atoms with Gasteiger partial charge in [0.25, 0.3) is 0 Å². The standard InChI is InChI=1S/C38H53B/c1-24(2)31-20-33(26(5)6)37(34(21-31)27(7)8)39(19-18-30-16-14-13-15-17-30)38-35(28(9)10)22-32(25(3)4)23-36(38)29(11)12/h13-29H,1-12H3/b19-18+. The van der Waals surface area contributed by atoms with Gasteiger partial charge in [0, 0.05) is 0 Å². The molecule has 3 rings (SSSR count). The first kappa shape index (κ1) is 31.0. The first-order chi connectivity index (χ1) is 18.3. The minimum absolute atomic E-state index is 0.192. The highest BCUT2D eigenvalue weighted by Crippen LogP contribution is 2.30. The van der Waals surface area contributed by atoms with Crippen molar-refractivity contribution in [1.29, 1.82) is 0 Å². The van der Waals surface area contributed by atoms with Gasteiger partial charge >= 0.3 is 0 Å². The van der Waals surface area contributed by atoms with E-state index in [9.17, 15) is 0 Å². The SMILES string of the molecule is CC(C)c1cc(C(C)C)c(B(/C=C/c2ccccc2)c2c(C(C)C)cc(C(C)C)cc2C(C)C)c(C(C)C)c1. The van der Waals surface area contributed by atoms with Gasteiger partial charge in [-0.1, -0.05) is 155 Å². The van der Waals surface area contributed by atoms with Crippen molar-refractivity contribution in [2.24, 2.45) is 0 Å². The average molecular weight is 521 g/mol. The molecule has 39 heavy (non-hydrogen) atoms. The molecule has 0 radical (unpaired) electrons. The molecule has 3 aromatic rings. The predicted octanol–water partition coefficient (Wildman–Crippen LogP) is 10.3. The molecule has 0 saturated carbocycles. The van der Waals surface area contributed by atoms with Gasteiger partial charge < -0.3 is 0 Å². The first-order valence-electron chi connectivity index (χ1n) is 15.4. The lowest BCUT2D eigenvalue weighted by Crippen LogP contribution is -2.49. The molecule has 208 valence electrons. The van der Waals surface area contributed by atoms with Crippen LogP contribution in [0.1, 0.15) is 158 Å².